The fourth-order valence-electron chi connectivity index (χ4n) is 5.47. The van der Waals surface area contributed by atoms with Gasteiger partial charge in [-0.25, -0.2) is 4.98 Å². The van der Waals surface area contributed by atoms with E-state index in [4.69, 9.17) is 4.99 Å². The third-order valence-corrected chi connectivity index (χ3v) is 7.85. The van der Waals surface area contributed by atoms with Gasteiger partial charge in [0.25, 0.3) is 0 Å². The average molecular weight is 613 g/mol. The number of benzene rings is 2. The molecule has 7 heteroatoms. The van der Waals surface area contributed by atoms with Crippen molar-refractivity contribution in [3.63, 3.8) is 0 Å². The summed E-state index contributed by atoms with van der Waals surface area (Å²) in [6.45, 7) is 10.8. The zero-order chi connectivity index (χ0) is 32.4. The smallest absolute Gasteiger partial charge is 0.288 e. The van der Waals surface area contributed by atoms with E-state index in [2.05, 4.69) is 60.9 Å². The minimum Gasteiger partial charge on any atom is -0.288 e. The molecule has 0 saturated heterocycles. The average Bonchev–Trinajstić information content (AvgIpc) is 3.03. The lowest BCUT2D eigenvalue weighted by Gasteiger charge is -2.17. The Morgan fingerprint density at radius 3 is 1.93 bits per heavy atom. The molecule has 2 heterocycles. The number of halogens is 3. The third-order valence-electron chi connectivity index (χ3n) is 7.85. The first kappa shape index (κ1) is 33.8. The van der Waals surface area contributed by atoms with E-state index in [9.17, 15) is 13.2 Å². The van der Waals surface area contributed by atoms with Gasteiger partial charge in [-0.3, -0.25) is 15.0 Å². The second-order valence-corrected chi connectivity index (χ2v) is 12.1. The number of aryl methyl sites for hydroxylation is 1. The summed E-state index contributed by atoms with van der Waals surface area (Å²) in [6, 6.07) is 23.4. The minimum atomic E-state index is -4.40. The summed E-state index contributed by atoms with van der Waals surface area (Å²) in [5, 5.41) is 0. The third kappa shape index (κ3) is 9.68. The van der Waals surface area contributed by atoms with Gasteiger partial charge in [0.2, 0.25) is 0 Å². The van der Waals surface area contributed by atoms with Crippen molar-refractivity contribution < 1.29 is 13.2 Å². The maximum atomic E-state index is 13.2. The minimum absolute atomic E-state index is 0.0953. The second kappa shape index (κ2) is 15.7. The topological polar surface area (TPSA) is 50.5 Å². The molecule has 236 valence electrons. The van der Waals surface area contributed by atoms with Crippen molar-refractivity contribution in [2.24, 2.45) is 9.98 Å². The van der Waals surface area contributed by atoms with E-state index < -0.39 is 11.7 Å². The Labute approximate surface area is 265 Å². The number of alkyl halides is 3. The van der Waals surface area contributed by atoms with Gasteiger partial charge in [-0.05, 0) is 73.1 Å². The summed E-state index contributed by atoms with van der Waals surface area (Å²) in [6.07, 6.45) is 4.96. The summed E-state index contributed by atoms with van der Waals surface area (Å²) in [4.78, 5) is 18.2. The molecule has 45 heavy (non-hydrogen) atoms. The molecule has 0 N–H and O–H groups in total. The highest BCUT2D eigenvalue weighted by Crippen LogP contribution is 2.36. The molecular formula is C38H43F3N4. The van der Waals surface area contributed by atoms with E-state index in [1.54, 1.807) is 30.5 Å². The first-order valence-electron chi connectivity index (χ1n) is 15.8. The number of para-hydroxylation sites is 1. The van der Waals surface area contributed by atoms with Gasteiger partial charge in [0.05, 0.1) is 40.6 Å². The van der Waals surface area contributed by atoms with Crippen molar-refractivity contribution in [2.75, 3.05) is 0 Å². The fourth-order valence-corrected chi connectivity index (χ4v) is 5.47. The molecule has 1 aliphatic rings. The van der Waals surface area contributed by atoms with Crippen molar-refractivity contribution in [3.05, 3.63) is 113 Å². The number of pyridine rings is 2. The number of aliphatic imine (C=N–C) groups is 2. The quantitative estimate of drug-likeness (QED) is 0.195. The molecule has 0 unspecified atom stereocenters. The van der Waals surface area contributed by atoms with E-state index in [0.717, 1.165) is 36.0 Å². The maximum absolute atomic E-state index is 13.2. The number of hydrogen-bond donors (Lipinski definition) is 0. The first-order chi connectivity index (χ1) is 21.5. The highest BCUT2D eigenvalue weighted by Gasteiger charge is 2.33. The van der Waals surface area contributed by atoms with Crippen LogP contribution in [0.3, 0.4) is 0 Å². The molecule has 0 radical (unpaired) electrons. The van der Waals surface area contributed by atoms with E-state index in [0.29, 0.717) is 29.3 Å². The van der Waals surface area contributed by atoms with Crippen molar-refractivity contribution in [1.29, 1.82) is 0 Å². The Balaban J connectivity index is 0.000000207. The molecule has 5 rings (SSSR count). The van der Waals surface area contributed by atoms with Crippen LogP contribution < -0.4 is 0 Å². The summed E-state index contributed by atoms with van der Waals surface area (Å²) in [7, 11) is 0. The predicted octanol–water partition coefficient (Wildman–Crippen LogP) is 10.9. The molecule has 0 spiro atoms. The van der Waals surface area contributed by atoms with Crippen LogP contribution in [0.2, 0.25) is 0 Å². The van der Waals surface area contributed by atoms with E-state index in [1.165, 1.54) is 42.5 Å². The number of nitrogens with zero attached hydrogens (tertiary/aromatic N) is 4. The lowest BCUT2D eigenvalue weighted by molar-refractivity contribution is -0.137. The number of aromatic nitrogens is 2. The second-order valence-electron chi connectivity index (χ2n) is 12.1. The Hall–Kier alpha value is -4.13. The van der Waals surface area contributed by atoms with Gasteiger partial charge < -0.3 is 0 Å². The van der Waals surface area contributed by atoms with Crippen LogP contribution in [0.15, 0.2) is 88.8 Å². The van der Waals surface area contributed by atoms with Crippen LogP contribution in [-0.2, 0) is 6.18 Å². The highest BCUT2D eigenvalue weighted by atomic mass is 19.4. The van der Waals surface area contributed by atoms with Crippen molar-refractivity contribution >= 4 is 18.1 Å². The van der Waals surface area contributed by atoms with Crippen molar-refractivity contribution in [3.8, 4) is 11.3 Å². The Bertz CT molecular complexity index is 1570. The first-order valence-corrected chi connectivity index (χ1v) is 15.8. The largest absolute Gasteiger partial charge is 0.417 e. The SMILES string of the molecule is Cc1cccc(C=Nc2c(C(C)C)cccc2C(C)C)n1.FC(F)(F)c1ccccc1-c1cccc(C=NC2CCCCC2)n1. The summed E-state index contributed by atoms with van der Waals surface area (Å²) in [5.41, 5.74) is 5.95. The molecule has 1 aliphatic carbocycles. The van der Waals surface area contributed by atoms with Crippen molar-refractivity contribution in [1.82, 2.24) is 9.97 Å². The van der Waals surface area contributed by atoms with Gasteiger partial charge in [-0.1, -0.05) is 95.5 Å². The Kier molecular flexibility index (Phi) is 11.8. The number of hydrogen-bond acceptors (Lipinski definition) is 4. The van der Waals surface area contributed by atoms with E-state index in [-0.39, 0.29) is 5.56 Å². The molecule has 1 fully saturated rings. The van der Waals surface area contributed by atoms with Gasteiger partial charge in [-0.15, -0.1) is 0 Å². The molecule has 4 aromatic rings. The van der Waals surface area contributed by atoms with Gasteiger partial charge in [0.1, 0.15) is 0 Å². The Morgan fingerprint density at radius 2 is 1.31 bits per heavy atom. The lowest BCUT2D eigenvalue weighted by atomic mass is 9.93. The molecule has 2 aromatic heterocycles. The normalized spacial score (nSPS) is 14.4. The molecule has 0 aliphatic heterocycles. The van der Waals surface area contributed by atoms with Crippen molar-refractivity contribution in [2.45, 2.75) is 90.8 Å². The molecule has 1 saturated carbocycles. The van der Waals surface area contributed by atoms with E-state index in [1.807, 2.05) is 31.3 Å². The van der Waals surface area contributed by atoms with Crippen LogP contribution in [0.4, 0.5) is 18.9 Å². The molecule has 2 aromatic carbocycles. The van der Waals surface area contributed by atoms with Gasteiger partial charge in [0, 0.05) is 17.5 Å². The van der Waals surface area contributed by atoms with Crippen LogP contribution in [0.25, 0.3) is 11.3 Å². The molecule has 0 amide bonds. The summed E-state index contributed by atoms with van der Waals surface area (Å²) >= 11 is 0. The Morgan fingerprint density at radius 1 is 0.711 bits per heavy atom. The summed E-state index contributed by atoms with van der Waals surface area (Å²) in [5.74, 6) is 0.919. The monoisotopic (exact) mass is 612 g/mol. The van der Waals surface area contributed by atoms with Crippen LogP contribution in [0, 0.1) is 6.92 Å². The predicted molar refractivity (Wildman–Crippen MR) is 180 cm³/mol. The lowest BCUT2D eigenvalue weighted by Crippen LogP contribution is -2.10. The van der Waals surface area contributed by atoms with Gasteiger partial charge in [-0.2, -0.15) is 13.2 Å². The zero-order valence-electron chi connectivity index (χ0n) is 26.9. The van der Waals surface area contributed by atoms with Gasteiger partial charge >= 0.3 is 6.18 Å². The molecular weight excluding hydrogens is 569 g/mol. The summed E-state index contributed by atoms with van der Waals surface area (Å²) < 4.78 is 39.5. The number of rotatable bonds is 7. The zero-order valence-corrected chi connectivity index (χ0v) is 26.9. The molecule has 0 atom stereocenters. The standard InChI is InChI=1S/C19H19F3N2.C19H24N2/c20-19(21,22)17-11-5-4-10-16(17)18-12-6-9-15(24-18)13-23-14-7-2-1-3-8-14;1-13(2)17-10-7-11-18(14(3)4)19(17)20-12-16-9-6-8-15(5)21-16/h4-6,9-14H,1-3,7-8H2;6-14H,1-5H3. The maximum Gasteiger partial charge on any atom is 0.417 e. The highest BCUT2D eigenvalue weighted by molar-refractivity contribution is 5.81. The van der Waals surface area contributed by atoms with Crippen LogP contribution in [0.5, 0.6) is 0 Å². The van der Waals surface area contributed by atoms with E-state index >= 15 is 0 Å². The fraction of sp³-hybridized carbons (Fsp3) is 0.368. The van der Waals surface area contributed by atoms with Crippen LogP contribution in [0.1, 0.15) is 105 Å². The van der Waals surface area contributed by atoms with Crippen LogP contribution in [-0.4, -0.2) is 28.4 Å². The van der Waals surface area contributed by atoms with Crippen LogP contribution >= 0.6 is 0 Å². The van der Waals surface area contributed by atoms with Gasteiger partial charge in [0.15, 0.2) is 0 Å². The molecule has 0 bridgehead atoms. The molecule has 4 nitrogen and oxygen atoms in total.